The van der Waals surface area contributed by atoms with Gasteiger partial charge in [0.25, 0.3) is 10.0 Å². The lowest BCUT2D eigenvalue weighted by Gasteiger charge is -2.12. The number of pyridine rings is 1. The Morgan fingerprint density at radius 1 is 0.939 bits per heavy atom. The molecule has 0 radical (unpaired) electrons. The van der Waals surface area contributed by atoms with Gasteiger partial charge in [-0.15, -0.1) is 0 Å². The van der Waals surface area contributed by atoms with Crippen LogP contribution >= 0.6 is 11.6 Å². The number of aryl methyl sites for hydroxylation is 1. The maximum absolute atomic E-state index is 13.0. The number of hydrogen-bond acceptors (Lipinski definition) is 5. The molecule has 0 fully saturated rings. The van der Waals surface area contributed by atoms with Crippen LogP contribution in [0.3, 0.4) is 0 Å². The molecule has 0 saturated heterocycles. The van der Waals surface area contributed by atoms with E-state index in [1.54, 1.807) is 12.1 Å². The third kappa shape index (κ3) is 3.79. The van der Waals surface area contributed by atoms with Crippen molar-refractivity contribution in [3.05, 3.63) is 86.0 Å². The van der Waals surface area contributed by atoms with E-state index < -0.39 is 21.1 Å². The standard InChI is InChI=1S/C22H16ClN5O4S/c1-11-8-18-19(26-21(30)20(29)25-18)27-22(11)33(31,32)28-14-4-5-15(16(23)10-14)13-3-2-12-6-7-24-17(12)9-13/h2-10,24,28H,1H3,(H,25,29)(H,26,27,30). The Morgan fingerprint density at radius 3 is 2.52 bits per heavy atom. The lowest BCUT2D eigenvalue weighted by atomic mass is 10.0. The van der Waals surface area contributed by atoms with E-state index in [1.807, 2.05) is 30.5 Å². The Morgan fingerprint density at radius 2 is 1.73 bits per heavy atom. The lowest BCUT2D eigenvalue weighted by molar-refractivity contribution is 0.597. The highest BCUT2D eigenvalue weighted by molar-refractivity contribution is 7.92. The topological polar surface area (TPSA) is 141 Å². The Balaban J connectivity index is 1.50. The van der Waals surface area contributed by atoms with E-state index in [0.29, 0.717) is 10.6 Å². The van der Waals surface area contributed by atoms with Crippen molar-refractivity contribution in [3.8, 4) is 11.1 Å². The molecule has 5 rings (SSSR count). The predicted molar refractivity (Wildman–Crippen MR) is 127 cm³/mol. The average Bonchev–Trinajstić information content (AvgIpc) is 3.22. The quantitative estimate of drug-likeness (QED) is 0.291. The number of benzene rings is 2. The number of rotatable bonds is 4. The van der Waals surface area contributed by atoms with E-state index in [9.17, 15) is 18.0 Å². The monoisotopic (exact) mass is 481 g/mol. The van der Waals surface area contributed by atoms with Crippen LogP contribution in [0.5, 0.6) is 0 Å². The number of nitrogens with one attached hydrogen (secondary N) is 4. The van der Waals surface area contributed by atoms with Gasteiger partial charge in [0.2, 0.25) is 0 Å². The number of aromatic nitrogens is 4. The van der Waals surface area contributed by atoms with Crippen molar-refractivity contribution in [1.29, 1.82) is 0 Å². The van der Waals surface area contributed by atoms with Gasteiger partial charge >= 0.3 is 11.1 Å². The molecule has 11 heteroatoms. The Kier molecular flexibility index (Phi) is 4.84. The first kappa shape index (κ1) is 21.0. The summed E-state index contributed by atoms with van der Waals surface area (Å²) in [6.45, 7) is 1.54. The largest absolute Gasteiger partial charge is 0.361 e. The number of sulfonamides is 1. The normalized spacial score (nSPS) is 11.8. The molecule has 5 aromatic rings. The van der Waals surface area contributed by atoms with Crippen LogP contribution < -0.4 is 15.8 Å². The number of hydrogen-bond donors (Lipinski definition) is 4. The number of fused-ring (bicyclic) bond motifs is 2. The molecular weight excluding hydrogens is 466 g/mol. The summed E-state index contributed by atoms with van der Waals surface area (Å²) in [6, 6.07) is 14.1. The van der Waals surface area contributed by atoms with Crippen LogP contribution in [0.4, 0.5) is 5.69 Å². The fraction of sp³-hybridized carbons (Fsp3) is 0.0455. The van der Waals surface area contributed by atoms with E-state index >= 15 is 0 Å². The molecule has 3 heterocycles. The summed E-state index contributed by atoms with van der Waals surface area (Å²) in [7, 11) is -4.11. The number of anilines is 1. The molecule has 4 N–H and O–H groups in total. The van der Waals surface area contributed by atoms with Crippen LogP contribution in [0.15, 0.2) is 69.3 Å². The van der Waals surface area contributed by atoms with Gasteiger partial charge in [0.05, 0.1) is 16.2 Å². The van der Waals surface area contributed by atoms with Gasteiger partial charge in [0, 0.05) is 17.3 Å². The number of halogens is 1. The SMILES string of the molecule is Cc1cc2[nH]c(=O)c(=O)[nH]c2nc1S(=O)(=O)Nc1ccc(-c2ccc3cc[nH]c3c2)c(Cl)c1. The van der Waals surface area contributed by atoms with Crippen molar-refractivity contribution in [2.45, 2.75) is 11.9 Å². The van der Waals surface area contributed by atoms with Gasteiger partial charge in [-0.2, -0.15) is 8.42 Å². The Bertz CT molecular complexity index is 1790. The van der Waals surface area contributed by atoms with Gasteiger partial charge in [-0.1, -0.05) is 29.8 Å². The molecule has 0 bridgehead atoms. The van der Waals surface area contributed by atoms with Crippen molar-refractivity contribution in [2.24, 2.45) is 0 Å². The summed E-state index contributed by atoms with van der Waals surface area (Å²) in [5, 5.41) is 1.16. The van der Waals surface area contributed by atoms with Crippen molar-refractivity contribution >= 4 is 49.4 Å². The van der Waals surface area contributed by atoms with Gasteiger partial charge in [-0.05, 0) is 53.8 Å². The molecule has 0 aliphatic heterocycles. The second kappa shape index (κ2) is 7.61. The minimum Gasteiger partial charge on any atom is -0.361 e. The number of aromatic amines is 3. The van der Waals surface area contributed by atoms with Crippen LogP contribution in [-0.2, 0) is 10.0 Å². The number of nitrogens with zero attached hydrogens (tertiary/aromatic N) is 1. The minimum atomic E-state index is -4.11. The first-order chi connectivity index (χ1) is 15.7. The van der Waals surface area contributed by atoms with Crippen molar-refractivity contribution in [2.75, 3.05) is 4.72 Å². The van der Waals surface area contributed by atoms with Gasteiger partial charge < -0.3 is 15.0 Å². The Labute approximate surface area is 191 Å². The number of H-pyrrole nitrogens is 3. The molecular formula is C22H16ClN5O4S. The van der Waals surface area contributed by atoms with E-state index in [2.05, 4.69) is 24.7 Å². The molecule has 0 saturated carbocycles. The van der Waals surface area contributed by atoms with Crippen LogP contribution in [-0.4, -0.2) is 28.4 Å². The van der Waals surface area contributed by atoms with Crippen LogP contribution in [0.25, 0.3) is 33.2 Å². The maximum Gasteiger partial charge on any atom is 0.315 e. The molecule has 33 heavy (non-hydrogen) atoms. The summed E-state index contributed by atoms with van der Waals surface area (Å²) in [6.07, 6.45) is 1.85. The van der Waals surface area contributed by atoms with Gasteiger partial charge in [0.1, 0.15) is 0 Å². The molecule has 166 valence electrons. The summed E-state index contributed by atoms with van der Waals surface area (Å²) in [5.74, 6) is 0. The molecule has 2 aromatic carbocycles. The highest BCUT2D eigenvalue weighted by atomic mass is 35.5. The molecule has 0 unspecified atom stereocenters. The maximum atomic E-state index is 13.0. The molecule has 0 amide bonds. The third-order valence-corrected chi connectivity index (χ3v) is 6.93. The smallest absolute Gasteiger partial charge is 0.315 e. The third-order valence-electron chi connectivity index (χ3n) is 5.19. The second-order valence-corrected chi connectivity index (χ2v) is 9.50. The first-order valence-corrected chi connectivity index (χ1v) is 11.6. The summed E-state index contributed by atoms with van der Waals surface area (Å²) >= 11 is 6.47. The highest BCUT2D eigenvalue weighted by Gasteiger charge is 2.21. The van der Waals surface area contributed by atoms with Gasteiger partial charge in [-0.25, -0.2) is 4.98 Å². The molecule has 0 spiro atoms. The molecule has 0 atom stereocenters. The van der Waals surface area contributed by atoms with Crippen LogP contribution in [0.1, 0.15) is 5.56 Å². The molecule has 0 aliphatic carbocycles. The fourth-order valence-corrected chi connectivity index (χ4v) is 5.15. The first-order valence-electron chi connectivity index (χ1n) is 9.75. The molecule has 0 aliphatic rings. The van der Waals surface area contributed by atoms with Crippen molar-refractivity contribution in [3.63, 3.8) is 0 Å². The van der Waals surface area contributed by atoms with Gasteiger partial charge in [-0.3, -0.25) is 14.3 Å². The average molecular weight is 482 g/mol. The zero-order valence-electron chi connectivity index (χ0n) is 17.1. The zero-order valence-corrected chi connectivity index (χ0v) is 18.6. The second-order valence-electron chi connectivity index (χ2n) is 7.49. The van der Waals surface area contributed by atoms with E-state index in [4.69, 9.17) is 11.6 Å². The van der Waals surface area contributed by atoms with Crippen molar-refractivity contribution < 1.29 is 8.42 Å². The Hall–Kier alpha value is -3.89. The predicted octanol–water partition coefficient (Wildman–Crippen LogP) is 3.52. The van der Waals surface area contributed by atoms with E-state index in [0.717, 1.165) is 22.0 Å². The summed E-state index contributed by atoms with van der Waals surface area (Å²) in [4.78, 5) is 34.9. The molecule has 3 aromatic heterocycles. The van der Waals surface area contributed by atoms with E-state index in [-0.39, 0.29) is 21.9 Å². The van der Waals surface area contributed by atoms with E-state index in [1.165, 1.54) is 19.1 Å². The summed E-state index contributed by atoms with van der Waals surface area (Å²) in [5.41, 5.74) is 1.55. The molecule has 9 nitrogen and oxygen atoms in total. The van der Waals surface area contributed by atoms with Crippen molar-refractivity contribution in [1.82, 2.24) is 19.9 Å². The van der Waals surface area contributed by atoms with Crippen LogP contribution in [0.2, 0.25) is 5.02 Å². The summed E-state index contributed by atoms with van der Waals surface area (Å²) < 4.78 is 28.5. The minimum absolute atomic E-state index is 0.0429. The van der Waals surface area contributed by atoms with Gasteiger partial charge in [0.15, 0.2) is 10.7 Å². The lowest BCUT2D eigenvalue weighted by Crippen LogP contribution is -2.29. The van der Waals surface area contributed by atoms with Crippen LogP contribution in [0, 0.1) is 6.92 Å². The fourth-order valence-electron chi connectivity index (χ4n) is 3.63. The zero-order chi connectivity index (χ0) is 23.3. The highest BCUT2D eigenvalue weighted by Crippen LogP contribution is 2.32.